The zero-order valence-corrected chi connectivity index (χ0v) is 26.9. The summed E-state index contributed by atoms with van der Waals surface area (Å²) < 4.78 is 48.2. The molecule has 1 N–H and O–H groups in total. The lowest BCUT2D eigenvalue weighted by Crippen LogP contribution is -2.32. The quantitative estimate of drug-likeness (QED) is 0.144. The van der Waals surface area contributed by atoms with Crippen LogP contribution in [0.5, 0.6) is 11.5 Å². The molecule has 0 aliphatic carbocycles. The number of thiocarbonyl (C=S) groups is 1. The van der Waals surface area contributed by atoms with Crippen LogP contribution in [0, 0.1) is 0 Å². The zero-order valence-electron chi connectivity index (χ0n) is 25.2. The summed E-state index contributed by atoms with van der Waals surface area (Å²) in [6, 6.07) is 18.9. The number of rotatable bonds is 10. The number of aliphatic imine (C=N–C) groups is 1. The number of nitrogens with zero attached hydrogens (tertiary/aromatic N) is 5. The van der Waals surface area contributed by atoms with Crippen LogP contribution in [0.15, 0.2) is 78.0 Å². The van der Waals surface area contributed by atoms with Gasteiger partial charge >= 0.3 is 6.36 Å². The molecule has 1 amide bonds. The predicted molar refractivity (Wildman–Crippen MR) is 177 cm³/mol. The Balaban J connectivity index is 1.17. The molecular weight excluding hydrogens is 638 g/mol. The van der Waals surface area contributed by atoms with Crippen molar-refractivity contribution in [2.24, 2.45) is 4.99 Å². The number of carbonyl (C=O) groups excluding carboxylic acids is 1. The van der Waals surface area contributed by atoms with E-state index in [1.807, 2.05) is 42.5 Å². The number of carbonyl (C=O) groups is 1. The highest BCUT2D eigenvalue weighted by atomic mass is 32.2. The van der Waals surface area contributed by atoms with E-state index in [1.165, 1.54) is 47.0 Å². The molecule has 0 unspecified atom stereocenters. The molecule has 4 aromatic rings. The van der Waals surface area contributed by atoms with Gasteiger partial charge in [-0.1, -0.05) is 49.9 Å². The number of amidine groups is 1. The number of amides is 1. The average Bonchev–Trinajstić information content (AvgIpc) is 3.66. The third-order valence-corrected chi connectivity index (χ3v) is 8.15. The molecule has 0 bridgehead atoms. The SMILES string of the molecule is COc1ccc(C(C)C)c(N2C(=O)CS/C2=N\C(=S)NCCCc2cccc(-c3ncn(-c4ccc(OC(F)(F)F)cc4)n3)c2)c1. The first-order valence-corrected chi connectivity index (χ1v) is 15.8. The normalized spacial score (nSPS) is 14.3. The van der Waals surface area contributed by atoms with E-state index >= 15 is 0 Å². The van der Waals surface area contributed by atoms with Gasteiger partial charge in [-0.25, -0.2) is 9.67 Å². The summed E-state index contributed by atoms with van der Waals surface area (Å²) >= 11 is 6.85. The van der Waals surface area contributed by atoms with Gasteiger partial charge in [-0.15, -0.1) is 18.3 Å². The molecule has 1 aliphatic rings. The van der Waals surface area contributed by atoms with Crippen LogP contribution in [0.3, 0.4) is 0 Å². The number of methoxy groups -OCH3 is 1. The van der Waals surface area contributed by atoms with E-state index in [9.17, 15) is 18.0 Å². The van der Waals surface area contributed by atoms with E-state index in [0.29, 0.717) is 34.1 Å². The number of hydrogen-bond donors (Lipinski definition) is 1. The summed E-state index contributed by atoms with van der Waals surface area (Å²) in [5.74, 6) is 1.24. The maximum atomic E-state index is 12.9. The van der Waals surface area contributed by atoms with E-state index in [1.54, 1.807) is 12.0 Å². The number of alkyl halides is 3. The molecule has 240 valence electrons. The van der Waals surface area contributed by atoms with Gasteiger partial charge in [0.15, 0.2) is 16.1 Å². The fourth-order valence-electron chi connectivity index (χ4n) is 4.81. The van der Waals surface area contributed by atoms with Crippen molar-refractivity contribution in [1.82, 2.24) is 20.1 Å². The maximum Gasteiger partial charge on any atom is 0.573 e. The van der Waals surface area contributed by atoms with Crippen molar-refractivity contribution < 1.29 is 27.4 Å². The number of hydrogen-bond acceptors (Lipinski definition) is 7. The lowest BCUT2D eigenvalue weighted by Gasteiger charge is -2.22. The maximum absolute atomic E-state index is 12.9. The lowest BCUT2D eigenvalue weighted by molar-refractivity contribution is -0.274. The van der Waals surface area contributed by atoms with Crippen LogP contribution in [0.25, 0.3) is 17.1 Å². The first kappa shape index (κ1) is 32.9. The van der Waals surface area contributed by atoms with Gasteiger partial charge in [0.25, 0.3) is 0 Å². The van der Waals surface area contributed by atoms with Crippen molar-refractivity contribution in [2.45, 2.75) is 39.0 Å². The molecular formula is C32H31F3N6O3S2. The summed E-state index contributed by atoms with van der Waals surface area (Å²) in [6.07, 6.45) is -1.73. The van der Waals surface area contributed by atoms with Crippen LogP contribution in [0.2, 0.25) is 0 Å². The van der Waals surface area contributed by atoms with Gasteiger partial charge in [-0.05, 0) is 78.5 Å². The van der Waals surface area contributed by atoms with Gasteiger partial charge in [-0.2, -0.15) is 4.99 Å². The van der Waals surface area contributed by atoms with Gasteiger partial charge < -0.3 is 14.8 Å². The minimum atomic E-state index is -4.75. The first-order valence-electron chi connectivity index (χ1n) is 14.4. The summed E-state index contributed by atoms with van der Waals surface area (Å²) in [5, 5.41) is 8.50. The summed E-state index contributed by atoms with van der Waals surface area (Å²) in [4.78, 5) is 23.5. The number of ether oxygens (including phenoxy) is 2. The summed E-state index contributed by atoms with van der Waals surface area (Å²) in [6.45, 7) is 4.73. The molecule has 9 nitrogen and oxygen atoms in total. The third-order valence-electron chi connectivity index (χ3n) is 6.99. The molecule has 1 aromatic heterocycles. The first-order chi connectivity index (χ1) is 22.0. The second-order valence-corrected chi connectivity index (χ2v) is 11.9. The lowest BCUT2D eigenvalue weighted by atomic mass is 10.00. The molecule has 2 heterocycles. The van der Waals surface area contributed by atoms with Crippen molar-refractivity contribution in [3.8, 4) is 28.6 Å². The molecule has 1 saturated heterocycles. The van der Waals surface area contributed by atoms with Crippen LogP contribution in [-0.2, 0) is 11.2 Å². The third kappa shape index (κ3) is 8.23. The topological polar surface area (TPSA) is 93.9 Å². The molecule has 14 heteroatoms. The van der Waals surface area contributed by atoms with Crippen molar-refractivity contribution in [3.05, 3.63) is 84.2 Å². The molecule has 3 aromatic carbocycles. The van der Waals surface area contributed by atoms with Crippen molar-refractivity contribution >= 4 is 45.9 Å². The Bertz CT molecular complexity index is 1740. The molecule has 1 fully saturated rings. The number of anilines is 1. The van der Waals surface area contributed by atoms with E-state index < -0.39 is 6.36 Å². The van der Waals surface area contributed by atoms with Crippen LogP contribution in [0.4, 0.5) is 18.9 Å². The highest BCUT2D eigenvalue weighted by Gasteiger charge is 2.33. The number of nitrogens with one attached hydrogen (secondary N) is 1. The highest BCUT2D eigenvalue weighted by Crippen LogP contribution is 2.36. The Hall–Kier alpha value is -4.43. The van der Waals surface area contributed by atoms with Crippen LogP contribution in [0.1, 0.15) is 37.3 Å². The summed E-state index contributed by atoms with van der Waals surface area (Å²) in [5.41, 5.74) is 4.19. The Kier molecular flexibility index (Phi) is 10.3. The minimum absolute atomic E-state index is 0.0608. The minimum Gasteiger partial charge on any atom is -0.497 e. The van der Waals surface area contributed by atoms with E-state index in [4.69, 9.17) is 17.0 Å². The number of aromatic nitrogens is 3. The van der Waals surface area contributed by atoms with Gasteiger partial charge in [0, 0.05) is 18.2 Å². The second-order valence-electron chi connectivity index (χ2n) is 10.6. The Morgan fingerprint density at radius 1 is 1.11 bits per heavy atom. The van der Waals surface area contributed by atoms with Gasteiger partial charge in [0.2, 0.25) is 5.91 Å². The smallest absolute Gasteiger partial charge is 0.497 e. The molecule has 0 atom stereocenters. The van der Waals surface area contributed by atoms with Gasteiger partial charge in [0.05, 0.1) is 24.2 Å². The molecule has 0 spiro atoms. The summed E-state index contributed by atoms with van der Waals surface area (Å²) in [7, 11) is 1.59. The second kappa shape index (κ2) is 14.3. The largest absolute Gasteiger partial charge is 0.573 e. The zero-order chi connectivity index (χ0) is 32.8. The van der Waals surface area contributed by atoms with Crippen molar-refractivity contribution in [2.75, 3.05) is 24.3 Å². The van der Waals surface area contributed by atoms with E-state index in [-0.39, 0.29) is 23.3 Å². The van der Waals surface area contributed by atoms with Crippen molar-refractivity contribution in [1.29, 1.82) is 0 Å². The number of thioether (sulfide) groups is 1. The van der Waals surface area contributed by atoms with Crippen LogP contribution < -0.4 is 19.7 Å². The molecule has 0 radical (unpaired) electrons. The molecule has 46 heavy (non-hydrogen) atoms. The molecule has 5 rings (SSSR count). The molecule has 1 aliphatic heterocycles. The number of benzene rings is 3. The highest BCUT2D eigenvalue weighted by molar-refractivity contribution is 8.15. The van der Waals surface area contributed by atoms with Gasteiger partial charge in [0.1, 0.15) is 17.8 Å². The number of halogens is 3. The Morgan fingerprint density at radius 2 is 1.87 bits per heavy atom. The predicted octanol–water partition coefficient (Wildman–Crippen LogP) is 6.91. The average molecular weight is 669 g/mol. The standard InChI is InChI=1S/C32H31F3N6O3S2/c1-20(2)26-14-13-25(43-3)17-27(26)41-28(42)18-46-31(41)38-30(45)36-15-5-7-21-6-4-8-22(16-21)29-37-19-40(39-29)23-9-11-24(12-10-23)44-32(33,34)35/h4,6,8-14,16-17,19-20H,5,7,15,18H2,1-3H3,(H,36,45)/b38-31-. The van der Waals surface area contributed by atoms with Gasteiger partial charge in [-0.3, -0.25) is 9.69 Å². The van der Waals surface area contributed by atoms with Crippen LogP contribution >= 0.6 is 24.0 Å². The van der Waals surface area contributed by atoms with Crippen LogP contribution in [-0.4, -0.2) is 56.7 Å². The Morgan fingerprint density at radius 3 is 2.59 bits per heavy atom. The molecule has 0 saturated carbocycles. The van der Waals surface area contributed by atoms with Crippen molar-refractivity contribution in [3.63, 3.8) is 0 Å². The van der Waals surface area contributed by atoms with E-state index in [2.05, 4.69) is 39.0 Å². The fourth-order valence-corrected chi connectivity index (χ4v) is 5.93. The number of aryl methyl sites for hydroxylation is 1. The van der Waals surface area contributed by atoms with E-state index in [0.717, 1.165) is 35.2 Å². The Labute approximate surface area is 273 Å². The fraction of sp³-hybridized carbons (Fsp3) is 0.281. The monoisotopic (exact) mass is 668 g/mol.